The van der Waals surface area contributed by atoms with Crippen LogP contribution in [-0.4, -0.2) is 34.0 Å². The Balaban J connectivity index is 1.83. The molecule has 2 heterocycles. The van der Waals surface area contributed by atoms with E-state index in [0.29, 0.717) is 27.2 Å². The van der Waals surface area contributed by atoms with Gasteiger partial charge in [-0.3, -0.25) is 19.0 Å². The fourth-order valence-electron chi connectivity index (χ4n) is 3.46. The third kappa shape index (κ3) is 4.37. The number of carbonyl (C=O) groups excluding carboxylic acids is 2. The Bertz CT molecular complexity index is 896. The van der Waals surface area contributed by atoms with Crippen molar-refractivity contribution in [2.24, 2.45) is 0 Å². The van der Waals surface area contributed by atoms with Crippen LogP contribution in [0.25, 0.3) is 10.2 Å². The zero-order chi connectivity index (χ0) is 19.4. The summed E-state index contributed by atoms with van der Waals surface area (Å²) < 4.78 is 1.30. The lowest BCUT2D eigenvalue weighted by molar-refractivity contribution is -0.121. The number of nitrogens with zero attached hydrogens (tertiary/aromatic N) is 2. The van der Waals surface area contributed by atoms with E-state index in [9.17, 15) is 14.4 Å². The minimum Gasteiger partial charge on any atom is -0.355 e. The van der Waals surface area contributed by atoms with E-state index in [-0.39, 0.29) is 30.0 Å². The van der Waals surface area contributed by atoms with Crippen LogP contribution in [0.5, 0.6) is 0 Å². The number of aromatic nitrogens is 2. The Kier molecular flexibility index (Phi) is 6.26. The molecular weight excluding hydrogens is 364 g/mol. The molecule has 0 aromatic carbocycles. The van der Waals surface area contributed by atoms with Crippen molar-refractivity contribution in [1.29, 1.82) is 0 Å². The Labute approximate surface area is 162 Å². The number of amides is 2. The third-order valence-electron chi connectivity index (χ3n) is 4.95. The second-order valence-electron chi connectivity index (χ2n) is 7.07. The summed E-state index contributed by atoms with van der Waals surface area (Å²) >= 11 is 1.24. The molecule has 146 valence electrons. The summed E-state index contributed by atoms with van der Waals surface area (Å²) in [6.45, 7) is 4.25. The SMILES string of the molecule is CCCNC(=O)Cn1cnc2sc(C(=O)NC3CCCCC3)c(C)c2c1=O. The fraction of sp³-hybridized carbons (Fsp3) is 0.579. The summed E-state index contributed by atoms with van der Waals surface area (Å²) in [4.78, 5) is 42.8. The molecule has 7 nitrogen and oxygen atoms in total. The topological polar surface area (TPSA) is 93.1 Å². The minimum absolute atomic E-state index is 0.0688. The normalized spacial score (nSPS) is 15.0. The summed E-state index contributed by atoms with van der Waals surface area (Å²) in [5, 5.41) is 6.28. The molecule has 1 saturated carbocycles. The van der Waals surface area contributed by atoms with Crippen molar-refractivity contribution in [2.75, 3.05) is 6.54 Å². The van der Waals surface area contributed by atoms with Gasteiger partial charge in [-0.05, 0) is 31.7 Å². The van der Waals surface area contributed by atoms with E-state index in [1.165, 1.54) is 28.7 Å². The maximum Gasteiger partial charge on any atom is 0.262 e. The van der Waals surface area contributed by atoms with Crippen molar-refractivity contribution in [3.63, 3.8) is 0 Å². The Hall–Kier alpha value is -2.22. The second-order valence-corrected chi connectivity index (χ2v) is 8.07. The van der Waals surface area contributed by atoms with Gasteiger partial charge in [-0.15, -0.1) is 11.3 Å². The Morgan fingerprint density at radius 1 is 1.30 bits per heavy atom. The summed E-state index contributed by atoms with van der Waals surface area (Å²) in [5.41, 5.74) is 0.362. The van der Waals surface area contributed by atoms with Crippen LogP contribution < -0.4 is 16.2 Å². The van der Waals surface area contributed by atoms with Crippen LogP contribution in [0.1, 0.15) is 60.7 Å². The minimum atomic E-state index is -0.280. The molecule has 0 aliphatic heterocycles. The summed E-state index contributed by atoms with van der Waals surface area (Å²) in [6.07, 6.45) is 7.74. The number of hydrogen-bond acceptors (Lipinski definition) is 5. The molecule has 1 fully saturated rings. The monoisotopic (exact) mass is 390 g/mol. The van der Waals surface area contributed by atoms with Gasteiger partial charge in [-0.25, -0.2) is 4.98 Å². The smallest absolute Gasteiger partial charge is 0.262 e. The van der Waals surface area contributed by atoms with Crippen LogP contribution >= 0.6 is 11.3 Å². The van der Waals surface area contributed by atoms with Crippen LogP contribution in [-0.2, 0) is 11.3 Å². The predicted octanol–water partition coefficient (Wildman–Crippen LogP) is 2.36. The van der Waals surface area contributed by atoms with Gasteiger partial charge in [0, 0.05) is 12.6 Å². The number of hydrogen-bond donors (Lipinski definition) is 2. The average Bonchev–Trinajstić information content (AvgIpc) is 3.00. The van der Waals surface area contributed by atoms with Gasteiger partial charge >= 0.3 is 0 Å². The van der Waals surface area contributed by atoms with E-state index in [0.717, 1.165) is 32.1 Å². The predicted molar refractivity (Wildman–Crippen MR) is 106 cm³/mol. The first-order chi connectivity index (χ1) is 13.0. The second kappa shape index (κ2) is 8.65. The lowest BCUT2D eigenvalue weighted by atomic mass is 9.95. The van der Waals surface area contributed by atoms with Crippen LogP contribution in [0.2, 0.25) is 0 Å². The number of thiophene rings is 1. The van der Waals surface area contributed by atoms with Crippen molar-refractivity contribution in [1.82, 2.24) is 20.2 Å². The molecular formula is C19H26N4O3S. The quantitative estimate of drug-likeness (QED) is 0.792. The molecule has 2 amide bonds. The van der Waals surface area contributed by atoms with Crippen molar-refractivity contribution in [2.45, 2.75) is 65.0 Å². The van der Waals surface area contributed by atoms with E-state index in [4.69, 9.17) is 0 Å². The lowest BCUT2D eigenvalue weighted by Gasteiger charge is -2.22. The molecule has 1 aliphatic rings. The number of nitrogens with one attached hydrogen (secondary N) is 2. The highest BCUT2D eigenvalue weighted by Crippen LogP contribution is 2.27. The first kappa shape index (κ1) is 19.5. The first-order valence-corrected chi connectivity index (χ1v) is 10.4. The highest BCUT2D eigenvalue weighted by molar-refractivity contribution is 7.20. The molecule has 2 aromatic heterocycles. The highest BCUT2D eigenvalue weighted by atomic mass is 32.1. The Morgan fingerprint density at radius 2 is 2.04 bits per heavy atom. The Morgan fingerprint density at radius 3 is 2.74 bits per heavy atom. The molecule has 3 rings (SSSR count). The molecule has 1 aliphatic carbocycles. The molecule has 0 radical (unpaired) electrons. The average molecular weight is 391 g/mol. The zero-order valence-electron chi connectivity index (χ0n) is 15.8. The number of aryl methyl sites for hydroxylation is 1. The van der Waals surface area contributed by atoms with Crippen LogP contribution in [0.15, 0.2) is 11.1 Å². The molecule has 27 heavy (non-hydrogen) atoms. The van der Waals surface area contributed by atoms with Crippen molar-refractivity contribution < 1.29 is 9.59 Å². The highest BCUT2D eigenvalue weighted by Gasteiger charge is 2.22. The molecule has 8 heteroatoms. The van der Waals surface area contributed by atoms with Gasteiger partial charge in [0.2, 0.25) is 5.91 Å². The van der Waals surface area contributed by atoms with E-state index < -0.39 is 0 Å². The largest absolute Gasteiger partial charge is 0.355 e. The van der Waals surface area contributed by atoms with E-state index in [1.54, 1.807) is 6.92 Å². The lowest BCUT2D eigenvalue weighted by Crippen LogP contribution is -2.36. The summed E-state index contributed by atoms with van der Waals surface area (Å²) in [7, 11) is 0. The van der Waals surface area contributed by atoms with Gasteiger partial charge in [-0.1, -0.05) is 26.2 Å². The molecule has 0 saturated heterocycles. The summed E-state index contributed by atoms with van der Waals surface area (Å²) in [6, 6.07) is 0.211. The first-order valence-electron chi connectivity index (χ1n) is 9.57. The standard InChI is InChI=1S/C19H26N4O3S/c1-3-9-20-14(24)10-23-11-21-18-15(19(23)26)12(2)16(27-18)17(25)22-13-7-5-4-6-8-13/h11,13H,3-10H2,1-2H3,(H,20,24)(H,22,25). The van der Waals surface area contributed by atoms with Crippen molar-refractivity contribution >= 4 is 33.4 Å². The van der Waals surface area contributed by atoms with Crippen molar-refractivity contribution in [3.8, 4) is 0 Å². The van der Waals surface area contributed by atoms with Gasteiger partial charge in [-0.2, -0.15) is 0 Å². The van der Waals surface area contributed by atoms with E-state index >= 15 is 0 Å². The van der Waals surface area contributed by atoms with Gasteiger partial charge in [0.05, 0.1) is 16.6 Å². The van der Waals surface area contributed by atoms with Crippen LogP contribution in [0, 0.1) is 6.92 Å². The fourth-order valence-corrected chi connectivity index (χ4v) is 4.50. The van der Waals surface area contributed by atoms with E-state index in [2.05, 4.69) is 15.6 Å². The molecule has 0 spiro atoms. The molecule has 0 bridgehead atoms. The molecule has 0 unspecified atom stereocenters. The van der Waals surface area contributed by atoms with Gasteiger partial charge in [0.1, 0.15) is 11.4 Å². The van der Waals surface area contributed by atoms with Gasteiger partial charge < -0.3 is 10.6 Å². The molecule has 2 aromatic rings. The number of rotatable bonds is 6. The van der Waals surface area contributed by atoms with Gasteiger partial charge in [0.15, 0.2) is 0 Å². The number of carbonyl (C=O) groups is 2. The van der Waals surface area contributed by atoms with Crippen molar-refractivity contribution in [3.05, 3.63) is 27.1 Å². The molecule has 0 atom stereocenters. The third-order valence-corrected chi connectivity index (χ3v) is 6.15. The van der Waals surface area contributed by atoms with Crippen LogP contribution in [0.3, 0.4) is 0 Å². The number of fused-ring (bicyclic) bond motifs is 1. The van der Waals surface area contributed by atoms with E-state index in [1.807, 2.05) is 6.92 Å². The maximum absolute atomic E-state index is 12.8. The zero-order valence-corrected chi connectivity index (χ0v) is 16.7. The molecule has 2 N–H and O–H groups in total. The summed E-state index contributed by atoms with van der Waals surface area (Å²) in [5.74, 6) is -0.350. The maximum atomic E-state index is 12.8. The van der Waals surface area contributed by atoms with Gasteiger partial charge in [0.25, 0.3) is 11.5 Å². The van der Waals surface area contributed by atoms with Crippen LogP contribution in [0.4, 0.5) is 0 Å².